The summed E-state index contributed by atoms with van der Waals surface area (Å²) in [6.07, 6.45) is 1.60. The Bertz CT molecular complexity index is 981. The van der Waals surface area contributed by atoms with Gasteiger partial charge in [-0.25, -0.2) is 13.1 Å². The first-order valence-corrected chi connectivity index (χ1v) is 10.7. The van der Waals surface area contributed by atoms with E-state index in [4.69, 9.17) is 0 Å². The fraction of sp³-hybridized carbons (Fsp3) is 0.278. The lowest BCUT2D eigenvalue weighted by Gasteiger charge is -2.12. The average Bonchev–Trinajstić information content (AvgIpc) is 3.44. The van der Waals surface area contributed by atoms with Gasteiger partial charge in [0.25, 0.3) is 5.91 Å². The zero-order chi connectivity index (χ0) is 20.3. The Morgan fingerprint density at radius 3 is 2.64 bits per heavy atom. The number of nitrogens with one attached hydrogen (secondary N) is 2. The largest absolute Gasteiger partial charge is 0.434 e. The number of carbonyl (C=O) groups is 1. The Balaban J connectivity index is 1.72. The van der Waals surface area contributed by atoms with Crippen LogP contribution < -0.4 is 14.8 Å². The predicted molar refractivity (Wildman–Crippen MR) is 102 cm³/mol. The summed E-state index contributed by atoms with van der Waals surface area (Å²) in [5.74, 6) is -0.588. The van der Waals surface area contributed by atoms with Crippen LogP contribution in [0.4, 0.5) is 8.78 Å². The number of halogens is 3. The van der Waals surface area contributed by atoms with Crippen molar-refractivity contribution in [2.24, 2.45) is 0 Å². The number of carbonyl (C=O) groups excluding carboxylic acids is 1. The summed E-state index contributed by atoms with van der Waals surface area (Å²) in [5.41, 5.74) is 0.493. The van der Waals surface area contributed by atoms with Gasteiger partial charge in [-0.2, -0.15) is 8.78 Å². The monoisotopic (exact) mass is 474 g/mol. The maximum atomic E-state index is 12.5. The molecule has 0 aliphatic heterocycles. The molecule has 0 saturated heterocycles. The van der Waals surface area contributed by atoms with E-state index in [-0.39, 0.29) is 28.8 Å². The number of sulfonamides is 1. The molecule has 6 nitrogen and oxygen atoms in total. The first kappa shape index (κ1) is 20.7. The third kappa shape index (κ3) is 5.49. The summed E-state index contributed by atoms with van der Waals surface area (Å²) in [6.45, 7) is -3.06. The number of hydrogen-bond donors (Lipinski definition) is 2. The van der Waals surface area contributed by atoms with Gasteiger partial charge in [0.1, 0.15) is 5.75 Å². The summed E-state index contributed by atoms with van der Waals surface area (Å²) < 4.78 is 57.3. The molecule has 150 valence electrons. The Hall–Kier alpha value is -2.04. The Morgan fingerprint density at radius 1 is 1.21 bits per heavy atom. The third-order valence-electron chi connectivity index (χ3n) is 3.98. The van der Waals surface area contributed by atoms with E-state index in [1.165, 1.54) is 30.3 Å². The van der Waals surface area contributed by atoms with E-state index in [0.29, 0.717) is 10.0 Å². The summed E-state index contributed by atoms with van der Waals surface area (Å²) in [6, 6.07) is 10.1. The number of benzene rings is 2. The number of rotatable bonds is 8. The first-order chi connectivity index (χ1) is 13.2. The molecule has 1 fully saturated rings. The average molecular weight is 475 g/mol. The van der Waals surface area contributed by atoms with E-state index in [0.717, 1.165) is 12.8 Å². The number of alkyl halides is 2. The molecule has 0 unspecified atom stereocenters. The van der Waals surface area contributed by atoms with Gasteiger partial charge in [-0.05, 0) is 49.2 Å². The van der Waals surface area contributed by atoms with Gasteiger partial charge in [0.05, 0.1) is 4.90 Å². The second-order valence-electron chi connectivity index (χ2n) is 6.24. The third-order valence-corrected chi connectivity index (χ3v) is 6.00. The molecule has 2 N–H and O–H groups in total. The van der Waals surface area contributed by atoms with Gasteiger partial charge >= 0.3 is 6.61 Å². The van der Waals surface area contributed by atoms with Crippen LogP contribution in [0.3, 0.4) is 0 Å². The van der Waals surface area contributed by atoms with E-state index >= 15 is 0 Å². The van der Waals surface area contributed by atoms with Crippen molar-refractivity contribution in [1.82, 2.24) is 10.0 Å². The Morgan fingerprint density at radius 2 is 1.96 bits per heavy atom. The summed E-state index contributed by atoms with van der Waals surface area (Å²) in [4.78, 5) is 12.4. The van der Waals surface area contributed by atoms with E-state index in [9.17, 15) is 22.0 Å². The maximum absolute atomic E-state index is 12.5. The molecule has 28 heavy (non-hydrogen) atoms. The van der Waals surface area contributed by atoms with Crippen LogP contribution in [-0.2, 0) is 16.6 Å². The fourth-order valence-electron chi connectivity index (χ4n) is 2.47. The van der Waals surface area contributed by atoms with Crippen LogP contribution in [0.1, 0.15) is 28.8 Å². The van der Waals surface area contributed by atoms with Crippen molar-refractivity contribution in [1.29, 1.82) is 0 Å². The summed E-state index contributed by atoms with van der Waals surface area (Å²) in [5, 5.41) is 2.59. The molecule has 2 aromatic carbocycles. The lowest BCUT2D eigenvalue weighted by Crippen LogP contribution is -2.27. The van der Waals surface area contributed by atoms with Gasteiger partial charge in [0.2, 0.25) is 10.0 Å². The van der Waals surface area contributed by atoms with Crippen molar-refractivity contribution in [3.63, 3.8) is 0 Å². The minimum Gasteiger partial charge on any atom is -0.434 e. The van der Waals surface area contributed by atoms with E-state index < -0.39 is 22.5 Å². The molecule has 1 aliphatic carbocycles. The molecule has 0 aromatic heterocycles. The highest BCUT2D eigenvalue weighted by Crippen LogP contribution is 2.25. The number of ether oxygens (including phenoxy) is 1. The molecule has 3 rings (SSSR count). The zero-order valence-corrected chi connectivity index (χ0v) is 16.9. The van der Waals surface area contributed by atoms with E-state index in [1.54, 1.807) is 12.1 Å². The molecule has 0 bridgehead atoms. The molecule has 0 spiro atoms. The topological polar surface area (TPSA) is 84.5 Å². The maximum Gasteiger partial charge on any atom is 0.387 e. The van der Waals surface area contributed by atoms with Crippen molar-refractivity contribution in [3.8, 4) is 5.75 Å². The first-order valence-electron chi connectivity index (χ1n) is 8.38. The zero-order valence-electron chi connectivity index (χ0n) is 14.5. The van der Waals surface area contributed by atoms with Gasteiger partial charge in [-0.1, -0.05) is 22.0 Å². The fourth-order valence-corrected chi connectivity index (χ4v) is 4.23. The molecule has 10 heteroatoms. The molecule has 1 amide bonds. The van der Waals surface area contributed by atoms with Gasteiger partial charge in [0, 0.05) is 28.2 Å². The van der Waals surface area contributed by atoms with Crippen LogP contribution in [-0.4, -0.2) is 27.0 Å². The lowest BCUT2D eigenvalue weighted by atomic mass is 10.1. The predicted octanol–water partition coefficient (Wildman–Crippen LogP) is 3.42. The minimum absolute atomic E-state index is 0.00349. The van der Waals surface area contributed by atoms with Gasteiger partial charge in [-0.3, -0.25) is 4.79 Å². The highest BCUT2D eigenvalue weighted by Gasteiger charge is 2.28. The van der Waals surface area contributed by atoms with E-state index in [2.05, 4.69) is 30.7 Å². The Kier molecular flexibility index (Phi) is 6.31. The van der Waals surface area contributed by atoms with Crippen molar-refractivity contribution >= 4 is 31.9 Å². The summed E-state index contributed by atoms with van der Waals surface area (Å²) >= 11 is 3.24. The molecule has 0 heterocycles. The molecule has 1 aliphatic rings. The lowest BCUT2D eigenvalue weighted by molar-refractivity contribution is -0.0504. The van der Waals surface area contributed by atoms with Gasteiger partial charge in [0.15, 0.2) is 0 Å². The highest BCUT2D eigenvalue weighted by atomic mass is 79.9. The number of amides is 1. The molecule has 0 radical (unpaired) electrons. The van der Waals surface area contributed by atoms with Crippen LogP contribution in [0.5, 0.6) is 5.75 Å². The molecule has 2 aromatic rings. The van der Waals surface area contributed by atoms with Crippen LogP contribution in [0, 0.1) is 0 Å². The normalized spacial score (nSPS) is 14.1. The quantitative estimate of drug-likeness (QED) is 0.613. The van der Waals surface area contributed by atoms with Crippen LogP contribution >= 0.6 is 15.9 Å². The molecular formula is C18H17BrF2N2O4S. The molecular weight excluding hydrogens is 458 g/mol. The Labute approximate surface area is 169 Å². The highest BCUT2D eigenvalue weighted by molar-refractivity contribution is 9.10. The second-order valence-corrected chi connectivity index (χ2v) is 8.87. The van der Waals surface area contributed by atoms with Gasteiger partial charge in [-0.15, -0.1) is 0 Å². The minimum atomic E-state index is -3.69. The number of hydrogen-bond acceptors (Lipinski definition) is 4. The van der Waals surface area contributed by atoms with Crippen molar-refractivity contribution in [2.75, 3.05) is 0 Å². The van der Waals surface area contributed by atoms with Crippen LogP contribution in [0.2, 0.25) is 0 Å². The smallest absolute Gasteiger partial charge is 0.387 e. The van der Waals surface area contributed by atoms with Crippen LogP contribution in [0.25, 0.3) is 0 Å². The summed E-state index contributed by atoms with van der Waals surface area (Å²) in [7, 11) is -3.69. The van der Waals surface area contributed by atoms with Crippen molar-refractivity contribution in [3.05, 3.63) is 58.1 Å². The molecule has 1 saturated carbocycles. The van der Waals surface area contributed by atoms with E-state index in [1.807, 2.05) is 0 Å². The van der Waals surface area contributed by atoms with Crippen molar-refractivity contribution < 1.29 is 26.7 Å². The second kappa shape index (κ2) is 8.54. The molecule has 0 atom stereocenters. The van der Waals surface area contributed by atoms with Gasteiger partial charge < -0.3 is 10.1 Å². The standard InChI is InChI=1S/C18H17BrF2N2O4S/c19-13-4-7-16(27-18(20)21)12(8-13)10-22-17(24)11-2-1-3-15(9-11)28(25,26)23-14-5-6-14/h1-4,7-9,14,18,23H,5-6,10H2,(H,22,24). The van der Waals surface area contributed by atoms with Crippen LogP contribution in [0.15, 0.2) is 51.8 Å². The van der Waals surface area contributed by atoms with Crippen molar-refractivity contribution in [2.45, 2.75) is 36.9 Å². The SMILES string of the molecule is O=C(NCc1cc(Br)ccc1OC(F)F)c1cccc(S(=O)(=O)NC2CC2)c1.